The van der Waals surface area contributed by atoms with Crippen LogP contribution in [0.1, 0.15) is 48.0 Å². The van der Waals surface area contributed by atoms with E-state index in [0.717, 1.165) is 24.8 Å². The van der Waals surface area contributed by atoms with E-state index in [9.17, 15) is 22.8 Å². The molecule has 1 aromatic carbocycles. The van der Waals surface area contributed by atoms with Gasteiger partial charge >= 0.3 is 12.3 Å². The van der Waals surface area contributed by atoms with Crippen LogP contribution in [0.3, 0.4) is 0 Å². The van der Waals surface area contributed by atoms with Crippen molar-refractivity contribution >= 4 is 17.8 Å². The van der Waals surface area contributed by atoms with Gasteiger partial charge in [-0.15, -0.1) is 10.2 Å². The Kier molecular flexibility index (Phi) is 7.72. The number of ether oxygens (including phenoxy) is 1. The third-order valence-corrected chi connectivity index (χ3v) is 6.46. The summed E-state index contributed by atoms with van der Waals surface area (Å²) in [6.07, 6.45) is 0.725. The maximum absolute atomic E-state index is 13.3. The van der Waals surface area contributed by atoms with E-state index in [4.69, 9.17) is 4.74 Å². The van der Waals surface area contributed by atoms with E-state index in [2.05, 4.69) is 15.5 Å². The maximum Gasteiger partial charge on any atom is 0.417 e. The van der Waals surface area contributed by atoms with E-state index in [-0.39, 0.29) is 24.5 Å². The average molecular weight is 492 g/mol. The minimum absolute atomic E-state index is 0.0721. The Bertz CT molecular complexity index is 1020. The van der Waals surface area contributed by atoms with Crippen molar-refractivity contribution in [2.75, 3.05) is 37.6 Å². The van der Waals surface area contributed by atoms with E-state index >= 15 is 0 Å². The lowest BCUT2D eigenvalue weighted by Gasteiger charge is -2.35. The predicted molar refractivity (Wildman–Crippen MR) is 122 cm³/mol. The van der Waals surface area contributed by atoms with Gasteiger partial charge in [0.1, 0.15) is 0 Å². The summed E-state index contributed by atoms with van der Waals surface area (Å²) in [4.78, 5) is 27.9. The zero-order chi connectivity index (χ0) is 24.8. The topological polar surface area (TPSA) is 87.7 Å². The number of nitrogens with zero attached hydrogens (tertiary/aromatic N) is 4. The number of piperazine rings is 1. The van der Waals surface area contributed by atoms with Gasteiger partial charge in [0.05, 0.1) is 11.1 Å². The summed E-state index contributed by atoms with van der Waals surface area (Å²) in [6.45, 7) is 1.81. The first kappa shape index (κ1) is 24.7. The number of anilines is 1. The normalized spacial score (nSPS) is 16.5. The Balaban J connectivity index is 1.24. The van der Waals surface area contributed by atoms with Crippen LogP contribution >= 0.6 is 0 Å². The highest BCUT2D eigenvalue weighted by Crippen LogP contribution is 2.32. The molecule has 1 saturated heterocycles. The molecular weight excluding hydrogens is 463 g/mol. The second kappa shape index (κ2) is 10.9. The molecular formula is C24H28F3N5O3. The molecule has 0 bridgehead atoms. The highest BCUT2D eigenvalue weighted by atomic mass is 19.4. The Labute approximate surface area is 201 Å². The quantitative estimate of drug-likeness (QED) is 0.586. The average Bonchev–Trinajstić information content (AvgIpc) is 2.82. The lowest BCUT2D eigenvalue weighted by Crippen LogP contribution is -2.49. The summed E-state index contributed by atoms with van der Waals surface area (Å²) in [7, 11) is 0. The van der Waals surface area contributed by atoms with Gasteiger partial charge in [0, 0.05) is 38.8 Å². The Morgan fingerprint density at radius 1 is 1.03 bits per heavy atom. The number of amides is 2. The number of hydrogen-bond donors (Lipinski definition) is 1. The minimum atomic E-state index is -4.60. The standard InChI is InChI=1S/C24H28F3N5O3/c25-24(26,27)19-9-2-1-8-18(19)22(33)32-15-13-31(14-16-32)20-10-11-21(30-29-20)35-23(34)28-12-4-7-17-5-3-6-17/h1-2,8-11,17H,3-7,12-16H2,(H,28,34). The molecule has 1 aliphatic carbocycles. The van der Waals surface area contributed by atoms with E-state index < -0.39 is 23.7 Å². The molecule has 2 amide bonds. The largest absolute Gasteiger partial charge is 0.417 e. The molecule has 2 aromatic rings. The van der Waals surface area contributed by atoms with Gasteiger partial charge in [-0.1, -0.05) is 31.4 Å². The number of nitrogens with one attached hydrogen (secondary N) is 1. The number of benzene rings is 1. The number of aromatic nitrogens is 2. The summed E-state index contributed by atoms with van der Waals surface area (Å²) >= 11 is 0. The highest BCUT2D eigenvalue weighted by Gasteiger charge is 2.36. The molecule has 1 saturated carbocycles. The van der Waals surface area contributed by atoms with E-state index in [1.807, 2.05) is 4.90 Å². The third-order valence-electron chi connectivity index (χ3n) is 6.46. The number of halogens is 3. The number of carbonyl (C=O) groups excluding carboxylic acids is 2. The first-order chi connectivity index (χ1) is 16.8. The second-order valence-corrected chi connectivity index (χ2v) is 8.81. The van der Waals surface area contributed by atoms with E-state index in [1.54, 1.807) is 6.07 Å². The van der Waals surface area contributed by atoms with Gasteiger partial charge in [-0.25, -0.2) is 4.79 Å². The number of carbonyl (C=O) groups is 2. The molecule has 1 aromatic heterocycles. The van der Waals surface area contributed by atoms with Crippen molar-refractivity contribution < 1.29 is 27.5 Å². The lowest BCUT2D eigenvalue weighted by molar-refractivity contribution is -0.138. The van der Waals surface area contributed by atoms with Gasteiger partial charge in [-0.05, 0) is 37.0 Å². The number of rotatable bonds is 7. The third kappa shape index (κ3) is 6.40. The molecule has 4 rings (SSSR count). The number of hydrogen-bond acceptors (Lipinski definition) is 6. The fourth-order valence-electron chi connectivity index (χ4n) is 4.26. The molecule has 11 heteroatoms. The van der Waals surface area contributed by atoms with Crippen LogP contribution in [0, 0.1) is 5.92 Å². The molecule has 1 aliphatic heterocycles. The summed E-state index contributed by atoms with van der Waals surface area (Å²) in [5.41, 5.74) is -1.28. The summed E-state index contributed by atoms with van der Waals surface area (Å²) in [6, 6.07) is 8.00. The molecule has 0 radical (unpaired) electrons. The van der Waals surface area contributed by atoms with Gasteiger partial charge in [0.2, 0.25) is 5.88 Å². The van der Waals surface area contributed by atoms with Crippen molar-refractivity contribution in [1.29, 1.82) is 0 Å². The molecule has 35 heavy (non-hydrogen) atoms. The number of alkyl halides is 3. The molecule has 0 spiro atoms. The monoisotopic (exact) mass is 491 g/mol. The van der Waals surface area contributed by atoms with Crippen molar-refractivity contribution in [1.82, 2.24) is 20.4 Å². The molecule has 0 unspecified atom stereocenters. The van der Waals surface area contributed by atoms with Crippen LogP contribution < -0.4 is 15.0 Å². The lowest BCUT2D eigenvalue weighted by atomic mass is 9.82. The summed E-state index contributed by atoms with van der Waals surface area (Å²) < 4.78 is 44.9. The van der Waals surface area contributed by atoms with Crippen molar-refractivity contribution in [3.05, 3.63) is 47.5 Å². The van der Waals surface area contributed by atoms with Gasteiger partial charge in [0.25, 0.3) is 5.91 Å². The predicted octanol–water partition coefficient (Wildman–Crippen LogP) is 4.13. The van der Waals surface area contributed by atoms with Gasteiger partial charge < -0.3 is 19.9 Å². The van der Waals surface area contributed by atoms with Gasteiger partial charge in [-0.2, -0.15) is 13.2 Å². The summed E-state index contributed by atoms with van der Waals surface area (Å²) in [5, 5.41) is 10.7. The van der Waals surface area contributed by atoms with E-state index in [0.29, 0.717) is 25.5 Å². The van der Waals surface area contributed by atoms with E-state index in [1.165, 1.54) is 48.4 Å². The molecule has 2 fully saturated rings. The minimum Gasteiger partial charge on any atom is -0.390 e. The van der Waals surface area contributed by atoms with Crippen molar-refractivity contribution in [2.45, 2.75) is 38.3 Å². The smallest absolute Gasteiger partial charge is 0.390 e. The zero-order valence-corrected chi connectivity index (χ0v) is 19.3. The van der Waals surface area contributed by atoms with Crippen LogP contribution in [0.15, 0.2) is 36.4 Å². The Morgan fingerprint density at radius 3 is 2.40 bits per heavy atom. The highest BCUT2D eigenvalue weighted by molar-refractivity contribution is 5.96. The van der Waals surface area contributed by atoms with Gasteiger partial charge in [-0.3, -0.25) is 4.79 Å². The van der Waals surface area contributed by atoms with Crippen molar-refractivity contribution in [2.24, 2.45) is 5.92 Å². The first-order valence-electron chi connectivity index (χ1n) is 11.8. The molecule has 188 valence electrons. The molecule has 0 atom stereocenters. The Morgan fingerprint density at radius 2 is 1.77 bits per heavy atom. The molecule has 2 aliphatic rings. The Hall–Kier alpha value is -3.37. The SMILES string of the molecule is O=C(NCCCC1CCC1)Oc1ccc(N2CCN(C(=O)c3ccccc3C(F)(F)F)CC2)nn1. The first-order valence-corrected chi connectivity index (χ1v) is 11.8. The fraction of sp³-hybridized carbons (Fsp3) is 0.500. The zero-order valence-electron chi connectivity index (χ0n) is 19.3. The van der Waals surface area contributed by atoms with Crippen LogP contribution in [0.25, 0.3) is 0 Å². The molecule has 2 heterocycles. The van der Waals surface area contributed by atoms with Crippen molar-refractivity contribution in [3.63, 3.8) is 0 Å². The van der Waals surface area contributed by atoms with Crippen LogP contribution in [0.4, 0.5) is 23.8 Å². The van der Waals surface area contributed by atoms with Crippen LogP contribution in [0.5, 0.6) is 5.88 Å². The van der Waals surface area contributed by atoms with Crippen molar-refractivity contribution in [3.8, 4) is 5.88 Å². The molecule has 8 nitrogen and oxygen atoms in total. The van der Waals surface area contributed by atoms with Crippen LogP contribution in [-0.2, 0) is 6.18 Å². The second-order valence-electron chi connectivity index (χ2n) is 8.81. The van der Waals surface area contributed by atoms with Gasteiger partial charge in [0.15, 0.2) is 5.82 Å². The fourth-order valence-corrected chi connectivity index (χ4v) is 4.26. The molecule has 1 N–H and O–H groups in total. The summed E-state index contributed by atoms with van der Waals surface area (Å²) in [5.74, 6) is 0.747. The van der Waals surface area contributed by atoms with Crippen LogP contribution in [-0.4, -0.2) is 59.8 Å². The van der Waals surface area contributed by atoms with Crippen LogP contribution in [0.2, 0.25) is 0 Å². The maximum atomic E-state index is 13.3.